The molecule has 2 aliphatic rings. The van der Waals surface area contributed by atoms with Gasteiger partial charge < -0.3 is 10.2 Å². The van der Waals surface area contributed by atoms with Gasteiger partial charge in [-0.2, -0.15) is 0 Å². The van der Waals surface area contributed by atoms with Crippen molar-refractivity contribution < 1.29 is 9.59 Å². The molecule has 1 atom stereocenters. The van der Waals surface area contributed by atoms with Gasteiger partial charge in [-0.15, -0.1) is 11.3 Å². The number of thiophene rings is 1. The number of carbonyl (C=O) groups excluding carboxylic acids is 2. The zero-order valence-corrected chi connectivity index (χ0v) is 13.4. The summed E-state index contributed by atoms with van der Waals surface area (Å²) in [7, 11) is 0. The molecule has 1 aromatic rings. The van der Waals surface area contributed by atoms with Crippen LogP contribution >= 0.6 is 11.3 Å². The molecule has 1 saturated carbocycles. The Balaban J connectivity index is 1.76. The fourth-order valence-electron chi connectivity index (χ4n) is 2.98. The normalized spacial score (nSPS) is 23.9. The summed E-state index contributed by atoms with van der Waals surface area (Å²) in [5.74, 6) is 0.469. The largest absolute Gasteiger partial charge is 0.344 e. The lowest BCUT2D eigenvalue weighted by Gasteiger charge is -2.32. The Morgan fingerprint density at radius 3 is 2.76 bits per heavy atom. The van der Waals surface area contributed by atoms with Gasteiger partial charge in [0, 0.05) is 29.8 Å². The molecule has 2 heterocycles. The van der Waals surface area contributed by atoms with Crippen LogP contribution in [-0.2, 0) is 15.0 Å². The van der Waals surface area contributed by atoms with Crippen molar-refractivity contribution in [3.8, 4) is 0 Å². The van der Waals surface area contributed by atoms with Crippen LogP contribution in [-0.4, -0.2) is 35.8 Å². The van der Waals surface area contributed by atoms with Crippen LogP contribution < -0.4 is 5.32 Å². The third-order valence-corrected chi connectivity index (χ3v) is 5.61. The van der Waals surface area contributed by atoms with E-state index in [0.29, 0.717) is 25.4 Å². The van der Waals surface area contributed by atoms with Gasteiger partial charge in [0.15, 0.2) is 0 Å². The van der Waals surface area contributed by atoms with Gasteiger partial charge >= 0.3 is 0 Å². The summed E-state index contributed by atoms with van der Waals surface area (Å²) in [6.45, 7) is 5.53. The van der Waals surface area contributed by atoms with E-state index in [1.807, 2.05) is 11.0 Å². The van der Waals surface area contributed by atoms with Crippen molar-refractivity contribution in [2.24, 2.45) is 5.92 Å². The molecule has 1 aliphatic carbocycles. The lowest BCUT2D eigenvalue weighted by molar-refractivity contribution is -0.134. The minimum Gasteiger partial charge on any atom is -0.344 e. The molecule has 21 heavy (non-hydrogen) atoms. The summed E-state index contributed by atoms with van der Waals surface area (Å²) >= 11 is 1.72. The third kappa shape index (κ3) is 3.12. The van der Waals surface area contributed by atoms with Crippen molar-refractivity contribution in [2.45, 2.75) is 44.6 Å². The maximum Gasteiger partial charge on any atom is 0.245 e. The Bertz CT molecular complexity index is 534. The van der Waals surface area contributed by atoms with Crippen molar-refractivity contribution in [1.82, 2.24) is 10.2 Å². The molecule has 2 fully saturated rings. The molecule has 1 N–H and O–H groups in total. The molecular formula is C16H22N2O2S. The molecule has 1 aromatic heterocycles. The van der Waals surface area contributed by atoms with Crippen molar-refractivity contribution in [1.29, 1.82) is 0 Å². The summed E-state index contributed by atoms with van der Waals surface area (Å²) in [5, 5.41) is 4.98. The fourth-order valence-corrected chi connectivity index (χ4v) is 3.82. The summed E-state index contributed by atoms with van der Waals surface area (Å²) in [6.07, 6.45) is 2.52. The lowest BCUT2D eigenvalue weighted by atomic mass is 9.90. The summed E-state index contributed by atoms with van der Waals surface area (Å²) in [5.41, 5.74) is -0.0781. The molecule has 0 aromatic carbocycles. The first kappa shape index (κ1) is 14.6. The standard InChI is InChI=1S/C16H22N2O2S/c1-16(2,12-4-3-9-21-12)10-18-8-7-13(19)17-14(15(18)20)11-5-6-11/h3-4,9,11,14H,5-8,10H2,1-2H3,(H,17,19). The van der Waals surface area contributed by atoms with Crippen LogP contribution in [0.1, 0.15) is 38.0 Å². The highest BCUT2D eigenvalue weighted by atomic mass is 32.1. The smallest absolute Gasteiger partial charge is 0.245 e. The Morgan fingerprint density at radius 1 is 1.38 bits per heavy atom. The second-order valence-electron chi connectivity index (χ2n) is 6.75. The molecule has 1 aliphatic heterocycles. The van der Waals surface area contributed by atoms with Crippen LogP contribution in [0.4, 0.5) is 0 Å². The van der Waals surface area contributed by atoms with Crippen LogP contribution in [0, 0.1) is 5.92 Å². The second kappa shape index (κ2) is 5.44. The molecule has 5 heteroatoms. The molecule has 3 rings (SSSR count). The van der Waals surface area contributed by atoms with Gasteiger partial charge in [0.1, 0.15) is 6.04 Å². The lowest BCUT2D eigenvalue weighted by Crippen LogP contribution is -2.49. The zero-order chi connectivity index (χ0) is 15.0. The summed E-state index contributed by atoms with van der Waals surface area (Å²) in [6, 6.07) is 3.87. The van der Waals surface area contributed by atoms with E-state index in [4.69, 9.17) is 0 Å². The average molecular weight is 306 g/mol. The van der Waals surface area contributed by atoms with Gasteiger partial charge in [-0.05, 0) is 30.2 Å². The molecule has 114 valence electrons. The third-order valence-electron chi connectivity index (χ3n) is 4.37. The number of carbonyl (C=O) groups is 2. The average Bonchev–Trinajstić information content (AvgIpc) is 3.13. The number of nitrogens with one attached hydrogen (secondary N) is 1. The number of hydrogen-bond donors (Lipinski definition) is 1. The van der Waals surface area contributed by atoms with Crippen LogP contribution in [0.5, 0.6) is 0 Å². The molecule has 0 radical (unpaired) electrons. The van der Waals surface area contributed by atoms with E-state index in [-0.39, 0.29) is 23.3 Å². The molecular weight excluding hydrogens is 284 g/mol. The van der Waals surface area contributed by atoms with Gasteiger partial charge in [-0.3, -0.25) is 9.59 Å². The quantitative estimate of drug-likeness (QED) is 0.926. The summed E-state index contributed by atoms with van der Waals surface area (Å²) in [4.78, 5) is 27.7. The van der Waals surface area contributed by atoms with E-state index in [1.165, 1.54) is 4.88 Å². The van der Waals surface area contributed by atoms with Gasteiger partial charge in [0.2, 0.25) is 11.8 Å². The number of amides is 2. The molecule has 0 spiro atoms. The maximum absolute atomic E-state index is 12.7. The predicted molar refractivity (Wildman–Crippen MR) is 83.2 cm³/mol. The van der Waals surface area contributed by atoms with Crippen LogP contribution in [0.3, 0.4) is 0 Å². The molecule has 1 unspecified atom stereocenters. The first-order valence-corrected chi connectivity index (χ1v) is 8.47. The molecule has 0 bridgehead atoms. The van der Waals surface area contributed by atoms with E-state index in [0.717, 1.165) is 12.8 Å². The fraction of sp³-hybridized carbons (Fsp3) is 0.625. The highest BCUT2D eigenvalue weighted by Crippen LogP contribution is 2.35. The predicted octanol–water partition coefficient (Wildman–Crippen LogP) is 2.15. The van der Waals surface area contributed by atoms with Gasteiger partial charge in [0.25, 0.3) is 0 Å². The minimum atomic E-state index is -0.292. The van der Waals surface area contributed by atoms with E-state index in [1.54, 1.807) is 11.3 Å². The Morgan fingerprint density at radius 2 is 2.14 bits per heavy atom. The molecule has 1 saturated heterocycles. The first-order chi connectivity index (χ1) is 9.97. The van der Waals surface area contributed by atoms with Crippen molar-refractivity contribution in [2.75, 3.05) is 13.1 Å². The van der Waals surface area contributed by atoms with Crippen molar-refractivity contribution in [3.05, 3.63) is 22.4 Å². The zero-order valence-electron chi connectivity index (χ0n) is 12.6. The highest BCUT2D eigenvalue weighted by Gasteiger charge is 2.42. The van der Waals surface area contributed by atoms with Crippen LogP contribution in [0.2, 0.25) is 0 Å². The monoisotopic (exact) mass is 306 g/mol. The first-order valence-electron chi connectivity index (χ1n) is 7.59. The second-order valence-corrected chi connectivity index (χ2v) is 7.70. The van der Waals surface area contributed by atoms with Crippen LogP contribution in [0.15, 0.2) is 17.5 Å². The Hall–Kier alpha value is -1.36. The van der Waals surface area contributed by atoms with E-state index in [9.17, 15) is 9.59 Å². The Kier molecular flexibility index (Phi) is 3.78. The maximum atomic E-state index is 12.7. The number of nitrogens with zero attached hydrogens (tertiary/aromatic N) is 1. The van der Waals surface area contributed by atoms with E-state index >= 15 is 0 Å². The highest BCUT2D eigenvalue weighted by molar-refractivity contribution is 7.10. The van der Waals surface area contributed by atoms with E-state index in [2.05, 4.69) is 30.6 Å². The topological polar surface area (TPSA) is 49.4 Å². The number of hydrogen-bond acceptors (Lipinski definition) is 3. The van der Waals surface area contributed by atoms with Crippen molar-refractivity contribution in [3.63, 3.8) is 0 Å². The molecule has 2 amide bonds. The molecule has 4 nitrogen and oxygen atoms in total. The number of rotatable bonds is 4. The van der Waals surface area contributed by atoms with Crippen LogP contribution in [0.25, 0.3) is 0 Å². The van der Waals surface area contributed by atoms with Gasteiger partial charge in [0.05, 0.1) is 0 Å². The van der Waals surface area contributed by atoms with Crippen molar-refractivity contribution >= 4 is 23.2 Å². The van der Waals surface area contributed by atoms with Gasteiger partial charge in [-0.25, -0.2) is 0 Å². The summed E-state index contributed by atoms with van der Waals surface area (Å²) < 4.78 is 0. The van der Waals surface area contributed by atoms with E-state index < -0.39 is 0 Å². The Labute approximate surface area is 129 Å². The van der Waals surface area contributed by atoms with Gasteiger partial charge in [-0.1, -0.05) is 19.9 Å². The SMILES string of the molecule is CC(C)(CN1CCC(=O)NC(C2CC2)C1=O)c1cccs1. The minimum absolute atomic E-state index is 0.0108.